The zero-order valence-corrected chi connectivity index (χ0v) is 13.5. The van der Waals surface area contributed by atoms with Crippen LogP contribution < -0.4 is 0 Å². The summed E-state index contributed by atoms with van der Waals surface area (Å²) in [6.45, 7) is 5.31. The monoisotopic (exact) mass is 306 g/mol. The fraction of sp³-hybridized carbons (Fsp3) is 0.368. The summed E-state index contributed by atoms with van der Waals surface area (Å²) >= 11 is 0. The van der Waals surface area contributed by atoms with Crippen molar-refractivity contribution < 1.29 is 0 Å². The third-order valence-electron chi connectivity index (χ3n) is 4.90. The van der Waals surface area contributed by atoms with E-state index in [1.165, 1.54) is 40.6 Å². The number of pyridine rings is 1. The summed E-state index contributed by atoms with van der Waals surface area (Å²) in [5, 5.41) is 9.68. The highest BCUT2D eigenvalue weighted by Crippen LogP contribution is 2.28. The topological polar surface area (TPSA) is 44.8 Å². The molecule has 118 valence electrons. The number of rotatable bonds is 3. The van der Waals surface area contributed by atoms with Crippen LogP contribution in [0.15, 0.2) is 42.7 Å². The summed E-state index contributed by atoms with van der Waals surface area (Å²) in [7, 11) is 0. The molecule has 4 heteroatoms. The molecule has 0 radical (unpaired) electrons. The normalized spacial score (nSPS) is 19.3. The molecule has 1 atom stereocenters. The fourth-order valence-corrected chi connectivity index (χ4v) is 3.54. The van der Waals surface area contributed by atoms with Crippen LogP contribution in [0.5, 0.6) is 0 Å². The standard InChI is InChI=1S/C19H22N4/c1-14-18(11-21-22-14)13-23-8-4-7-17(12-23)19-9-15-5-2-3-6-16(15)10-20-19/h2-3,5-6,9-11,17H,4,7-8,12-13H2,1H3,(H,21,22). The molecule has 4 rings (SSSR count). The number of aryl methyl sites for hydroxylation is 1. The average Bonchev–Trinajstić information content (AvgIpc) is 2.99. The minimum absolute atomic E-state index is 0.528. The third-order valence-corrected chi connectivity index (χ3v) is 4.90. The lowest BCUT2D eigenvalue weighted by molar-refractivity contribution is 0.198. The van der Waals surface area contributed by atoms with Crippen LogP contribution in [0.2, 0.25) is 0 Å². The van der Waals surface area contributed by atoms with Crippen LogP contribution in [0, 0.1) is 6.92 Å². The van der Waals surface area contributed by atoms with Gasteiger partial charge in [-0.1, -0.05) is 24.3 Å². The Balaban J connectivity index is 1.52. The number of aromatic amines is 1. The van der Waals surface area contributed by atoms with Gasteiger partial charge in [0.25, 0.3) is 0 Å². The Morgan fingerprint density at radius 2 is 2.09 bits per heavy atom. The van der Waals surface area contributed by atoms with Gasteiger partial charge in [0.2, 0.25) is 0 Å². The predicted molar refractivity (Wildman–Crippen MR) is 92.3 cm³/mol. The van der Waals surface area contributed by atoms with Gasteiger partial charge in [0.05, 0.1) is 6.20 Å². The molecule has 0 spiro atoms. The van der Waals surface area contributed by atoms with E-state index < -0.39 is 0 Å². The first-order valence-electron chi connectivity index (χ1n) is 8.35. The zero-order valence-electron chi connectivity index (χ0n) is 13.5. The van der Waals surface area contributed by atoms with Crippen LogP contribution in [-0.4, -0.2) is 33.2 Å². The van der Waals surface area contributed by atoms with Gasteiger partial charge in [-0.2, -0.15) is 5.10 Å². The SMILES string of the molecule is Cc1[nH]ncc1CN1CCCC(c2cc3ccccc3cn2)C1. The molecule has 0 aliphatic carbocycles. The molecule has 1 aliphatic heterocycles. The molecule has 0 saturated carbocycles. The molecule has 1 N–H and O–H groups in total. The predicted octanol–water partition coefficient (Wildman–Crippen LogP) is 3.65. The van der Waals surface area contributed by atoms with Gasteiger partial charge in [0, 0.05) is 47.5 Å². The van der Waals surface area contributed by atoms with Gasteiger partial charge in [-0.05, 0) is 37.8 Å². The molecular formula is C19H22N4. The molecule has 1 unspecified atom stereocenters. The Labute approximate surface area is 136 Å². The molecule has 1 fully saturated rings. The second kappa shape index (κ2) is 6.13. The van der Waals surface area contributed by atoms with E-state index in [9.17, 15) is 0 Å². The molecule has 3 aromatic rings. The first-order valence-corrected chi connectivity index (χ1v) is 8.35. The fourth-order valence-electron chi connectivity index (χ4n) is 3.54. The van der Waals surface area contributed by atoms with Gasteiger partial charge in [-0.15, -0.1) is 0 Å². The lowest BCUT2D eigenvalue weighted by Gasteiger charge is -2.32. The maximum atomic E-state index is 4.73. The van der Waals surface area contributed by atoms with E-state index in [0.29, 0.717) is 5.92 Å². The third kappa shape index (κ3) is 2.99. The number of piperidine rings is 1. The molecule has 0 bridgehead atoms. The Kier molecular flexibility index (Phi) is 3.83. The number of fused-ring (bicyclic) bond motifs is 1. The van der Waals surface area contributed by atoms with Gasteiger partial charge in [-0.3, -0.25) is 15.0 Å². The minimum atomic E-state index is 0.528. The van der Waals surface area contributed by atoms with Crippen LogP contribution in [-0.2, 0) is 6.54 Å². The van der Waals surface area contributed by atoms with E-state index in [-0.39, 0.29) is 0 Å². The van der Waals surface area contributed by atoms with Crippen LogP contribution in [0.3, 0.4) is 0 Å². The van der Waals surface area contributed by atoms with Crippen molar-refractivity contribution in [2.24, 2.45) is 0 Å². The quantitative estimate of drug-likeness (QED) is 0.803. The van der Waals surface area contributed by atoms with Crippen molar-refractivity contribution in [2.75, 3.05) is 13.1 Å². The van der Waals surface area contributed by atoms with Gasteiger partial charge in [0.1, 0.15) is 0 Å². The van der Waals surface area contributed by atoms with Gasteiger partial charge in [0.15, 0.2) is 0 Å². The largest absolute Gasteiger partial charge is 0.298 e. The number of benzene rings is 1. The van der Waals surface area contributed by atoms with Crippen molar-refractivity contribution in [3.8, 4) is 0 Å². The summed E-state index contributed by atoms with van der Waals surface area (Å²) < 4.78 is 0. The molecule has 23 heavy (non-hydrogen) atoms. The van der Waals surface area contributed by atoms with Crippen molar-refractivity contribution in [3.63, 3.8) is 0 Å². The van der Waals surface area contributed by atoms with E-state index >= 15 is 0 Å². The summed E-state index contributed by atoms with van der Waals surface area (Å²) in [4.78, 5) is 7.27. The van der Waals surface area contributed by atoms with Crippen molar-refractivity contribution in [3.05, 3.63) is 59.7 Å². The number of hydrogen-bond acceptors (Lipinski definition) is 3. The van der Waals surface area contributed by atoms with Crippen molar-refractivity contribution in [1.82, 2.24) is 20.1 Å². The Hall–Kier alpha value is -2.20. The highest BCUT2D eigenvalue weighted by molar-refractivity contribution is 5.81. The van der Waals surface area contributed by atoms with E-state index in [2.05, 4.69) is 52.4 Å². The van der Waals surface area contributed by atoms with Crippen LogP contribution >= 0.6 is 0 Å². The second-order valence-electron chi connectivity index (χ2n) is 6.55. The molecule has 1 aliphatic rings. The Bertz CT molecular complexity index is 808. The second-order valence-corrected chi connectivity index (χ2v) is 6.55. The summed E-state index contributed by atoms with van der Waals surface area (Å²) in [6.07, 6.45) is 6.43. The number of H-pyrrole nitrogens is 1. The number of nitrogens with one attached hydrogen (secondary N) is 1. The lowest BCUT2D eigenvalue weighted by Crippen LogP contribution is -2.34. The molecule has 2 aromatic heterocycles. The van der Waals surface area contributed by atoms with Crippen molar-refractivity contribution >= 4 is 10.8 Å². The maximum absolute atomic E-state index is 4.73. The van der Waals surface area contributed by atoms with Crippen LogP contribution in [0.4, 0.5) is 0 Å². The van der Waals surface area contributed by atoms with Gasteiger partial charge >= 0.3 is 0 Å². The minimum Gasteiger partial charge on any atom is -0.298 e. The van der Waals surface area contributed by atoms with E-state index in [4.69, 9.17) is 4.98 Å². The van der Waals surface area contributed by atoms with Crippen molar-refractivity contribution in [1.29, 1.82) is 0 Å². The average molecular weight is 306 g/mol. The molecule has 4 nitrogen and oxygen atoms in total. The maximum Gasteiger partial charge on any atom is 0.0535 e. The number of hydrogen-bond donors (Lipinski definition) is 1. The lowest BCUT2D eigenvalue weighted by atomic mass is 9.93. The van der Waals surface area contributed by atoms with Gasteiger partial charge in [-0.25, -0.2) is 0 Å². The molecule has 1 aromatic carbocycles. The summed E-state index contributed by atoms with van der Waals surface area (Å²) in [6, 6.07) is 10.7. The smallest absolute Gasteiger partial charge is 0.0535 e. The molecule has 3 heterocycles. The number of likely N-dealkylation sites (tertiary alicyclic amines) is 1. The van der Waals surface area contributed by atoms with E-state index in [0.717, 1.165) is 19.6 Å². The summed E-state index contributed by atoms with van der Waals surface area (Å²) in [5.41, 5.74) is 3.71. The van der Waals surface area contributed by atoms with Crippen LogP contribution in [0.25, 0.3) is 10.8 Å². The van der Waals surface area contributed by atoms with Crippen LogP contribution in [0.1, 0.15) is 35.7 Å². The zero-order chi connectivity index (χ0) is 15.6. The number of aromatic nitrogens is 3. The molecule has 1 saturated heterocycles. The first-order chi connectivity index (χ1) is 11.3. The van der Waals surface area contributed by atoms with E-state index in [1.807, 2.05) is 12.4 Å². The molecular weight excluding hydrogens is 284 g/mol. The highest BCUT2D eigenvalue weighted by Gasteiger charge is 2.23. The highest BCUT2D eigenvalue weighted by atomic mass is 15.2. The number of nitrogens with zero attached hydrogens (tertiary/aromatic N) is 3. The molecule has 0 amide bonds. The first kappa shape index (κ1) is 14.4. The van der Waals surface area contributed by atoms with Crippen molar-refractivity contribution in [2.45, 2.75) is 32.2 Å². The summed E-state index contributed by atoms with van der Waals surface area (Å²) in [5.74, 6) is 0.528. The Morgan fingerprint density at radius 1 is 1.22 bits per heavy atom. The van der Waals surface area contributed by atoms with E-state index in [1.54, 1.807) is 0 Å². The Morgan fingerprint density at radius 3 is 2.91 bits per heavy atom. The van der Waals surface area contributed by atoms with Gasteiger partial charge < -0.3 is 0 Å².